The zero-order chi connectivity index (χ0) is 14.3. The van der Waals surface area contributed by atoms with Crippen LogP contribution in [0.1, 0.15) is 26.7 Å². The Kier molecular flexibility index (Phi) is 7.10. The molecular formula is C13H25F3N2O. The molecule has 0 radical (unpaired) electrons. The first kappa shape index (κ1) is 16.7. The van der Waals surface area contributed by atoms with Gasteiger partial charge in [-0.2, -0.15) is 13.2 Å². The average molecular weight is 282 g/mol. The number of nitrogens with zero attached hydrogens (tertiary/aromatic N) is 1. The molecule has 0 aromatic heterocycles. The second-order valence-electron chi connectivity index (χ2n) is 5.38. The largest absolute Gasteiger partial charge is 0.411 e. The summed E-state index contributed by atoms with van der Waals surface area (Å²) < 4.78 is 40.5. The third-order valence-corrected chi connectivity index (χ3v) is 3.43. The fraction of sp³-hybridized carbons (Fsp3) is 1.00. The molecule has 0 amide bonds. The highest BCUT2D eigenvalue weighted by Crippen LogP contribution is 2.14. The van der Waals surface area contributed by atoms with E-state index in [0.717, 1.165) is 32.5 Å². The Bertz CT molecular complexity index is 249. The second kappa shape index (κ2) is 8.07. The lowest BCUT2D eigenvalue weighted by molar-refractivity contribution is -0.174. The Labute approximate surface area is 113 Å². The van der Waals surface area contributed by atoms with Gasteiger partial charge in [-0.25, -0.2) is 0 Å². The van der Waals surface area contributed by atoms with Crippen LogP contribution in [-0.2, 0) is 4.74 Å². The molecule has 1 aliphatic rings. The van der Waals surface area contributed by atoms with E-state index in [4.69, 9.17) is 0 Å². The molecule has 1 N–H and O–H groups in total. The first-order valence-electron chi connectivity index (χ1n) is 7.01. The lowest BCUT2D eigenvalue weighted by atomic mass is 10.0. The summed E-state index contributed by atoms with van der Waals surface area (Å²) in [5.74, 6) is 0.511. The Balaban J connectivity index is 2.26. The van der Waals surface area contributed by atoms with Gasteiger partial charge in [-0.1, -0.05) is 13.8 Å². The molecule has 114 valence electrons. The first-order valence-corrected chi connectivity index (χ1v) is 7.01. The Morgan fingerprint density at radius 3 is 2.74 bits per heavy atom. The van der Waals surface area contributed by atoms with Crippen LogP contribution < -0.4 is 5.32 Å². The van der Waals surface area contributed by atoms with Crippen molar-refractivity contribution in [2.45, 2.75) is 38.9 Å². The van der Waals surface area contributed by atoms with E-state index in [1.54, 1.807) is 0 Å². The molecule has 0 aromatic carbocycles. The molecule has 0 saturated carbocycles. The molecule has 0 aromatic rings. The van der Waals surface area contributed by atoms with Crippen LogP contribution in [-0.4, -0.2) is 56.5 Å². The summed E-state index contributed by atoms with van der Waals surface area (Å²) in [6.07, 6.45) is -2.09. The van der Waals surface area contributed by atoms with Crippen molar-refractivity contribution >= 4 is 0 Å². The minimum Gasteiger partial charge on any atom is -0.371 e. The Morgan fingerprint density at radius 1 is 1.37 bits per heavy atom. The third kappa shape index (κ3) is 7.74. The summed E-state index contributed by atoms with van der Waals surface area (Å²) in [5.41, 5.74) is 0. The SMILES string of the molecule is CCC1CCN(CCOCC(F)(F)F)CC(C)CN1. The van der Waals surface area contributed by atoms with Crippen molar-refractivity contribution in [1.82, 2.24) is 10.2 Å². The maximum absolute atomic E-state index is 12.0. The molecule has 19 heavy (non-hydrogen) atoms. The highest BCUT2D eigenvalue weighted by atomic mass is 19.4. The number of halogens is 3. The molecule has 2 unspecified atom stereocenters. The fourth-order valence-electron chi connectivity index (χ4n) is 2.34. The average Bonchev–Trinajstić information content (AvgIpc) is 2.30. The number of nitrogens with one attached hydrogen (secondary N) is 1. The van der Waals surface area contributed by atoms with Gasteiger partial charge >= 0.3 is 6.18 Å². The van der Waals surface area contributed by atoms with Gasteiger partial charge < -0.3 is 15.0 Å². The van der Waals surface area contributed by atoms with E-state index in [9.17, 15) is 13.2 Å². The molecule has 3 nitrogen and oxygen atoms in total. The molecule has 6 heteroatoms. The van der Waals surface area contributed by atoms with E-state index in [-0.39, 0.29) is 6.61 Å². The first-order chi connectivity index (χ1) is 8.90. The van der Waals surface area contributed by atoms with E-state index in [1.807, 2.05) is 0 Å². The zero-order valence-electron chi connectivity index (χ0n) is 11.8. The number of hydrogen-bond donors (Lipinski definition) is 1. The van der Waals surface area contributed by atoms with Crippen LogP contribution >= 0.6 is 0 Å². The number of ether oxygens (including phenoxy) is 1. The number of rotatable bonds is 5. The van der Waals surface area contributed by atoms with E-state index in [2.05, 4.69) is 28.8 Å². The van der Waals surface area contributed by atoms with Gasteiger partial charge in [0.15, 0.2) is 0 Å². The molecule has 0 bridgehead atoms. The van der Waals surface area contributed by atoms with Gasteiger partial charge in [0.1, 0.15) is 6.61 Å². The van der Waals surface area contributed by atoms with Crippen LogP contribution in [0.5, 0.6) is 0 Å². The van der Waals surface area contributed by atoms with Crippen molar-refractivity contribution in [2.75, 3.05) is 39.4 Å². The highest BCUT2D eigenvalue weighted by Gasteiger charge is 2.27. The zero-order valence-corrected chi connectivity index (χ0v) is 11.8. The molecule has 1 aliphatic heterocycles. The monoisotopic (exact) mass is 282 g/mol. The summed E-state index contributed by atoms with van der Waals surface area (Å²) in [6.45, 7) is 6.71. The van der Waals surface area contributed by atoms with Crippen molar-refractivity contribution in [1.29, 1.82) is 0 Å². The summed E-state index contributed by atoms with van der Waals surface area (Å²) in [6, 6.07) is 0.515. The maximum Gasteiger partial charge on any atom is 0.411 e. The highest BCUT2D eigenvalue weighted by molar-refractivity contribution is 4.75. The summed E-state index contributed by atoms with van der Waals surface area (Å²) >= 11 is 0. The molecule has 2 atom stereocenters. The normalized spacial score (nSPS) is 27.0. The molecule has 1 saturated heterocycles. The van der Waals surface area contributed by atoms with Gasteiger partial charge in [0, 0.05) is 19.1 Å². The van der Waals surface area contributed by atoms with Gasteiger partial charge in [-0.15, -0.1) is 0 Å². The fourth-order valence-corrected chi connectivity index (χ4v) is 2.34. The summed E-state index contributed by atoms with van der Waals surface area (Å²) in [5, 5.41) is 3.52. The van der Waals surface area contributed by atoms with Crippen LogP contribution in [0, 0.1) is 5.92 Å². The van der Waals surface area contributed by atoms with Crippen LogP contribution in [0.3, 0.4) is 0 Å². The van der Waals surface area contributed by atoms with Gasteiger partial charge in [0.25, 0.3) is 0 Å². The summed E-state index contributed by atoms with van der Waals surface area (Å²) in [7, 11) is 0. The van der Waals surface area contributed by atoms with Gasteiger partial charge in [0.2, 0.25) is 0 Å². The minimum atomic E-state index is -4.22. The molecule has 0 aliphatic carbocycles. The molecule has 0 spiro atoms. The predicted molar refractivity (Wildman–Crippen MR) is 69.2 cm³/mol. The van der Waals surface area contributed by atoms with Gasteiger partial charge in [-0.3, -0.25) is 0 Å². The second-order valence-corrected chi connectivity index (χ2v) is 5.38. The smallest absolute Gasteiger partial charge is 0.371 e. The number of hydrogen-bond acceptors (Lipinski definition) is 3. The lowest BCUT2D eigenvalue weighted by Gasteiger charge is -2.32. The van der Waals surface area contributed by atoms with Crippen molar-refractivity contribution in [2.24, 2.45) is 5.92 Å². The van der Waals surface area contributed by atoms with Crippen LogP contribution in [0.15, 0.2) is 0 Å². The third-order valence-electron chi connectivity index (χ3n) is 3.43. The van der Waals surface area contributed by atoms with Crippen LogP contribution in [0.2, 0.25) is 0 Å². The Hall–Kier alpha value is -0.330. The topological polar surface area (TPSA) is 24.5 Å². The van der Waals surface area contributed by atoms with E-state index in [1.165, 1.54) is 0 Å². The van der Waals surface area contributed by atoms with Crippen molar-refractivity contribution in [3.05, 3.63) is 0 Å². The molecule has 1 rings (SSSR count). The molecule has 1 fully saturated rings. The molecular weight excluding hydrogens is 257 g/mol. The van der Waals surface area contributed by atoms with Crippen molar-refractivity contribution in [3.8, 4) is 0 Å². The quantitative estimate of drug-likeness (QED) is 0.783. The minimum absolute atomic E-state index is 0.149. The maximum atomic E-state index is 12.0. The summed E-state index contributed by atoms with van der Waals surface area (Å²) in [4.78, 5) is 2.21. The van der Waals surface area contributed by atoms with E-state index < -0.39 is 12.8 Å². The lowest BCUT2D eigenvalue weighted by Crippen LogP contribution is -2.44. The van der Waals surface area contributed by atoms with E-state index in [0.29, 0.717) is 18.5 Å². The van der Waals surface area contributed by atoms with Crippen molar-refractivity contribution in [3.63, 3.8) is 0 Å². The van der Waals surface area contributed by atoms with Crippen molar-refractivity contribution < 1.29 is 17.9 Å². The van der Waals surface area contributed by atoms with Gasteiger partial charge in [0.05, 0.1) is 6.61 Å². The number of alkyl halides is 3. The predicted octanol–water partition coefficient (Wildman–Crippen LogP) is 2.28. The van der Waals surface area contributed by atoms with Crippen LogP contribution in [0.4, 0.5) is 13.2 Å². The van der Waals surface area contributed by atoms with Crippen LogP contribution in [0.25, 0.3) is 0 Å². The molecule has 1 heterocycles. The standard InChI is InChI=1S/C13H25F3N2O/c1-3-12-4-5-18(9-11(2)8-17-12)6-7-19-10-13(14,15)16/h11-12,17H,3-10H2,1-2H3. The Morgan fingerprint density at radius 2 is 2.11 bits per heavy atom. The van der Waals surface area contributed by atoms with E-state index >= 15 is 0 Å². The van der Waals surface area contributed by atoms with Gasteiger partial charge in [-0.05, 0) is 31.8 Å².